The van der Waals surface area contributed by atoms with E-state index in [0.29, 0.717) is 10.8 Å². The third-order valence-corrected chi connectivity index (χ3v) is 5.04. The summed E-state index contributed by atoms with van der Waals surface area (Å²) in [5, 5.41) is 3.67. The molecule has 0 heterocycles. The molecule has 0 amide bonds. The van der Waals surface area contributed by atoms with Gasteiger partial charge in [-0.15, -0.1) is 0 Å². The van der Waals surface area contributed by atoms with E-state index in [4.69, 9.17) is 0 Å². The van der Waals surface area contributed by atoms with Crippen LogP contribution >= 0.6 is 11.8 Å². The Balaban J connectivity index is 1.93. The minimum atomic E-state index is 0.464. The van der Waals surface area contributed by atoms with Gasteiger partial charge in [0.1, 0.15) is 0 Å². The molecule has 0 spiro atoms. The van der Waals surface area contributed by atoms with Gasteiger partial charge < -0.3 is 5.32 Å². The summed E-state index contributed by atoms with van der Waals surface area (Å²) < 4.78 is 0.553. The summed E-state index contributed by atoms with van der Waals surface area (Å²) in [4.78, 5) is 0. The Morgan fingerprint density at radius 2 is 2.06 bits per heavy atom. The van der Waals surface area contributed by atoms with E-state index in [1.807, 2.05) is 11.8 Å². The van der Waals surface area contributed by atoms with Crippen LogP contribution in [-0.4, -0.2) is 17.5 Å². The molecule has 0 aromatic heterocycles. The molecule has 1 unspecified atom stereocenters. The first-order chi connectivity index (χ1) is 7.67. The second-order valence-corrected chi connectivity index (χ2v) is 6.12. The van der Waals surface area contributed by atoms with Crippen molar-refractivity contribution in [2.24, 2.45) is 0 Å². The van der Waals surface area contributed by atoms with Gasteiger partial charge in [-0.2, -0.15) is 11.8 Å². The molecule has 1 aromatic rings. The van der Waals surface area contributed by atoms with Crippen LogP contribution < -0.4 is 5.32 Å². The van der Waals surface area contributed by atoms with E-state index in [-0.39, 0.29) is 0 Å². The fourth-order valence-corrected chi connectivity index (χ4v) is 2.85. The summed E-state index contributed by atoms with van der Waals surface area (Å²) in [6.07, 6.45) is 4.98. The van der Waals surface area contributed by atoms with Gasteiger partial charge in [-0.25, -0.2) is 0 Å². The summed E-state index contributed by atoms with van der Waals surface area (Å²) in [5.41, 5.74) is 2.82. The standard InChI is InChI=1S/C14H21NS/c1-11-6-4-5-7-13(11)12(2)15-10-14(16-3)8-9-14/h4-7,12,15H,8-10H2,1-3H3. The molecule has 1 aliphatic carbocycles. The van der Waals surface area contributed by atoms with Crippen LogP contribution in [-0.2, 0) is 0 Å². The molecular weight excluding hydrogens is 214 g/mol. The Morgan fingerprint density at radius 3 is 2.62 bits per heavy atom. The first-order valence-corrected chi connectivity index (χ1v) is 7.23. The zero-order valence-electron chi connectivity index (χ0n) is 10.4. The molecule has 0 saturated heterocycles. The molecule has 0 aliphatic heterocycles. The molecule has 1 fully saturated rings. The van der Waals surface area contributed by atoms with Crippen LogP contribution in [0.2, 0.25) is 0 Å². The second-order valence-electron chi connectivity index (χ2n) is 4.85. The molecule has 2 heteroatoms. The van der Waals surface area contributed by atoms with Gasteiger partial charge in [0.2, 0.25) is 0 Å². The number of nitrogens with one attached hydrogen (secondary N) is 1. The molecule has 0 radical (unpaired) electrons. The highest BCUT2D eigenvalue weighted by molar-refractivity contribution is 8.00. The second kappa shape index (κ2) is 4.80. The van der Waals surface area contributed by atoms with Gasteiger partial charge in [0.15, 0.2) is 0 Å². The third kappa shape index (κ3) is 2.61. The largest absolute Gasteiger partial charge is 0.309 e. The predicted octanol–water partition coefficient (Wildman–Crippen LogP) is 3.54. The van der Waals surface area contributed by atoms with Crippen molar-refractivity contribution in [1.29, 1.82) is 0 Å². The number of rotatable bonds is 5. The number of thioether (sulfide) groups is 1. The minimum absolute atomic E-state index is 0.464. The highest BCUT2D eigenvalue weighted by Crippen LogP contribution is 2.46. The Kier molecular flexibility index (Phi) is 3.60. The van der Waals surface area contributed by atoms with Gasteiger partial charge in [-0.1, -0.05) is 24.3 Å². The Labute approximate surface area is 103 Å². The lowest BCUT2D eigenvalue weighted by Crippen LogP contribution is -2.28. The van der Waals surface area contributed by atoms with E-state index in [1.54, 1.807) is 0 Å². The van der Waals surface area contributed by atoms with Crippen LogP contribution in [0.3, 0.4) is 0 Å². The molecule has 1 aromatic carbocycles. The fraction of sp³-hybridized carbons (Fsp3) is 0.571. The molecule has 2 rings (SSSR count). The van der Waals surface area contributed by atoms with Gasteiger partial charge in [-0.3, -0.25) is 0 Å². The highest BCUT2D eigenvalue weighted by atomic mass is 32.2. The number of hydrogen-bond donors (Lipinski definition) is 1. The maximum absolute atomic E-state index is 3.67. The maximum Gasteiger partial charge on any atom is 0.0294 e. The van der Waals surface area contributed by atoms with Crippen molar-refractivity contribution in [3.63, 3.8) is 0 Å². The maximum atomic E-state index is 3.67. The molecule has 0 bridgehead atoms. The molecule has 1 N–H and O–H groups in total. The van der Waals surface area contributed by atoms with Gasteiger partial charge >= 0.3 is 0 Å². The summed E-state index contributed by atoms with van der Waals surface area (Å²) in [6.45, 7) is 5.59. The number of aryl methyl sites for hydroxylation is 1. The van der Waals surface area contributed by atoms with Crippen LogP contribution in [0.5, 0.6) is 0 Å². The summed E-state index contributed by atoms with van der Waals surface area (Å²) >= 11 is 2.02. The highest BCUT2D eigenvalue weighted by Gasteiger charge is 2.41. The van der Waals surface area contributed by atoms with Gasteiger partial charge in [0.05, 0.1) is 0 Å². The third-order valence-electron chi connectivity index (χ3n) is 3.63. The summed E-state index contributed by atoms with van der Waals surface area (Å²) in [6, 6.07) is 9.11. The van der Waals surface area contributed by atoms with Gasteiger partial charge in [0.25, 0.3) is 0 Å². The smallest absolute Gasteiger partial charge is 0.0294 e. The summed E-state index contributed by atoms with van der Waals surface area (Å²) in [7, 11) is 0. The molecular formula is C14H21NS. The first-order valence-electron chi connectivity index (χ1n) is 6.01. The van der Waals surface area contributed by atoms with Crippen molar-refractivity contribution in [2.45, 2.75) is 37.5 Å². The zero-order valence-corrected chi connectivity index (χ0v) is 11.2. The summed E-state index contributed by atoms with van der Waals surface area (Å²) in [5.74, 6) is 0. The lowest BCUT2D eigenvalue weighted by molar-refractivity contribution is 0.561. The van der Waals surface area contributed by atoms with E-state index in [1.165, 1.54) is 24.0 Å². The van der Waals surface area contributed by atoms with Crippen molar-refractivity contribution < 1.29 is 0 Å². The van der Waals surface area contributed by atoms with Crippen LogP contribution in [0.15, 0.2) is 24.3 Å². The quantitative estimate of drug-likeness (QED) is 0.838. The van der Waals surface area contributed by atoms with E-state index in [9.17, 15) is 0 Å². The first kappa shape index (κ1) is 12.0. The van der Waals surface area contributed by atoms with Crippen molar-refractivity contribution in [3.8, 4) is 0 Å². The molecule has 16 heavy (non-hydrogen) atoms. The van der Waals surface area contributed by atoms with E-state index in [2.05, 4.69) is 49.7 Å². The SMILES string of the molecule is CSC1(CNC(C)c2ccccc2C)CC1. The van der Waals surface area contributed by atoms with Crippen molar-refractivity contribution in [1.82, 2.24) is 5.32 Å². The Bertz CT molecular complexity index is 358. The monoisotopic (exact) mass is 235 g/mol. The number of hydrogen-bond acceptors (Lipinski definition) is 2. The zero-order chi connectivity index (χ0) is 11.6. The molecule has 1 saturated carbocycles. The number of benzene rings is 1. The molecule has 1 atom stereocenters. The van der Waals surface area contributed by atoms with E-state index in [0.717, 1.165) is 6.54 Å². The van der Waals surface area contributed by atoms with Crippen LogP contribution in [0.25, 0.3) is 0 Å². The average Bonchev–Trinajstić information content (AvgIpc) is 3.07. The molecule has 1 aliphatic rings. The van der Waals surface area contributed by atoms with Crippen LogP contribution in [0, 0.1) is 6.92 Å². The molecule has 88 valence electrons. The van der Waals surface area contributed by atoms with Crippen LogP contribution in [0.4, 0.5) is 0 Å². The van der Waals surface area contributed by atoms with Crippen molar-refractivity contribution >= 4 is 11.8 Å². The lowest BCUT2D eigenvalue weighted by atomic mass is 10.0. The van der Waals surface area contributed by atoms with E-state index < -0.39 is 0 Å². The minimum Gasteiger partial charge on any atom is -0.309 e. The Morgan fingerprint density at radius 1 is 1.38 bits per heavy atom. The van der Waals surface area contributed by atoms with E-state index >= 15 is 0 Å². The average molecular weight is 235 g/mol. The topological polar surface area (TPSA) is 12.0 Å². The van der Waals surface area contributed by atoms with Crippen molar-refractivity contribution in [2.75, 3.05) is 12.8 Å². The van der Waals surface area contributed by atoms with Crippen LogP contribution in [0.1, 0.15) is 36.9 Å². The normalized spacial score (nSPS) is 19.4. The van der Waals surface area contributed by atoms with Gasteiger partial charge in [0, 0.05) is 17.3 Å². The predicted molar refractivity (Wildman–Crippen MR) is 73.1 cm³/mol. The Hall–Kier alpha value is -0.470. The molecule has 1 nitrogen and oxygen atoms in total. The van der Waals surface area contributed by atoms with Gasteiger partial charge in [-0.05, 0) is 44.1 Å². The fourth-order valence-electron chi connectivity index (χ4n) is 2.11. The van der Waals surface area contributed by atoms with Crippen molar-refractivity contribution in [3.05, 3.63) is 35.4 Å². The lowest BCUT2D eigenvalue weighted by Gasteiger charge is -2.20.